The fourth-order valence-corrected chi connectivity index (χ4v) is 5.20. The summed E-state index contributed by atoms with van der Waals surface area (Å²) in [5.41, 5.74) is 2.08. The van der Waals surface area contributed by atoms with Crippen molar-refractivity contribution in [1.82, 2.24) is 15.1 Å². The molecule has 2 fully saturated rings. The fraction of sp³-hybridized carbons (Fsp3) is 0.481. The van der Waals surface area contributed by atoms with Gasteiger partial charge >= 0.3 is 0 Å². The number of hydrogen-bond acceptors (Lipinski definition) is 3. The molecule has 4 rings (SSSR count). The van der Waals surface area contributed by atoms with Gasteiger partial charge in [-0.05, 0) is 62.9 Å². The number of nitrogens with zero attached hydrogens (tertiary/aromatic N) is 2. The lowest BCUT2D eigenvalue weighted by molar-refractivity contribution is -0.126. The molecule has 170 valence electrons. The van der Waals surface area contributed by atoms with E-state index in [0.29, 0.717) is 18.7 Å². The Labute approximate surface area is 191 Å². The van der Waals surface area contributed by atoms with Crippen molar-refractivity contribution in [2.75, 3.05) is 32.7 Å². The molecule has 0 aromatic heterocycles. The highest BCUT2D eigenvalue weighted by Crippen LogP contribution is 2.31. The zero-order valence-corrected chi connectivity index (χ0v) is 18.9. The van der Waals surface area contributed by atoms with E-state index in [1.807, 2.05) is 35.2 Å². The second kappa shape index (κ2) is 11.3. The molecule has 1 saturated carbocycles. The molecule has 1 N–H and O–H groups in total. The highest BCUT2D eigenvalue weighted by molar-refractivity contribution is 5.95. The van der Waals surface area contributed by atoms with E-state index in [1.54, 1.807) is 0 Å². The highest BCUT2D eigenvalue weighted by Gasteiger charge is 2.39. The summed E-state index contributed by atoms with van der Waals surface area (Å²) in [5.74, 6) is 0.0852. The van der Waals surface area contributed by atoms with Crippen LogP contribution in [-0.2, 0) is 11.2 Å². The van der Waals surface area contributed by atoms with Crippen molar-refractivity contribution in [2.24, 2.45) is 5.92 Å². The second-order valence-electron chi connectivity index (χ2n) is 9.04. The van der Waals surface area contributed by atoms with E-state index < -0.39 is 0 Å². The zero-order valence-electron chi connectivity index (χ0n) is 18.9. The number of carbonyl (C=O) groups is 2. The van der Waals surface area contributed by atoms with Crippen molar-refractivity contribution in [3.63, 3.8) is 0 Å². The predicted octanol–water partition coefficient (Wildman–Crippen LogP) is 3.75. The number of amides is 2. The second-order valence-corrected chi connectivity index (χ2v) is 9.04. The zero-order chi connectivity index (χ0) is 22.2. The van der Waals surface area contributed by atoms with Crippen LogP contribution in [0.2, 0.25) is 0 Å². The topological polar surface area (TPSA) is 52.7 Å². The van der Waals surface area contributed by atoms with Gasteiger partial charge in [-0.25, -0.2) is 0 Å². The third kappa shape index (κ3) is 5.77. The first-order valence-corrected chi connectivity index (χ1v) is 12.1. The Bertz CT molecular complexity index is 871. The largest absolute Gasteiger partial charge is 0.355 e. The smallest absolute Gasteiger partial charge is 0.254 e. The predicted molar refractivity (Wildman–Crippen MR) is 127 cm³/mol. The molecule has 5 heteroatoms. The van der Waals surface area contributed by atoms with Gasteiger partial charge in [0.1, 0.15) is 0 Å². The van der Waals surface area contributed by atoms with E-state index in [2.05, 4.69) is 40.5 Å². The number of benzene rings is 2. The SMILES string of the molecule is O=C1NCCN(CCCc2ccccc2)CCCN(C(=O)c2ccccc2)C2CCCC12. The molecule has 2 aromatic carbocycles. The first kappa shape index (κ1) is 22.5. The van der Waals surface area contributed by atoms with Crippen molar-refractivity contribution < 1.29 is 9.59 Å². The average Bonchev–Trinajstić information content (AvgIpc) is 3.31. The van der Waals surface area contributed by atoms with E-state index in [9.17, 15) is 9.59 Å². The van der Waals surface area contributed by atoms with Gasteiger partial charge in [-0.2, -0.15) is 0 Å². The minimum atomic E-state index is -0.0905. The van der Waals surface area contributed by atoms with E-state index in [0.717, 1.165) is 58.2 Å². The lowest BCUT2D eigenvalue weighted by atomic mass is 9.99. The number of fused-ring (bicyclic) bond motifs is 1. The molecule has 1 saturated heterocycles. The molecule has 1 heterocycles. The number of hydrogen-bond donors (Lipinski definition) is 1. The number of nitrogens with one attached hydrogen (secondary N) is 1. The maximum atomic E-state index is 13.4. The molecule has 2 amide bonds. The van der Waals surface area contributed by atoms with Crippen LogP contribution in [0.3, 0.4) is 0 Å². The van der Waals surface area contributed by atoms with Gasteiger partial charge in [-0.3, -0.25) is 9.59 Å². The summed E-state index contributed by atoms with van der Waals surface area (Å²) in [6.45, 7) is 4.20. The van der Waals surface area contributed by atoms with Gasteiger partial charge in [-0.1, -0.05) is 55.0 Å². The molecular weight excluding hydrogens is 398 g/mol. The van der Waals surface area contributed by atoms with Crippen LogP contribution >= 0.6 is 0 Å². The van der Waals surface area contributed by atoms with Gasteiger partial charge in [-0.15, -0.1) is 0 Å². The summed E-state index contributed by atoms with van der Waals surface area (Å²) < 4.78 is 0. The van der Waals surface area contributed by atoms with Gasteiger partial charge < -0.3 is 15.1 Å². The van der Waals surface area contributed by atoms with Gasteiger partial charge in [0.2, 0.25) is 5.91 Å². The summed E-state index contributed by atoms with van der Waals surface area (Å²) in [4.78, 5) is 30.8. The number of carbonyl (C=O) groups excluding carboxylic acids is 2. The number of aryl methyl sites for hydroxylation is 1. The molecule has 0 spiro atoms. The van der Waals surface area contributed by atoms with Crippen molar-refractivity contribution in [3.8, 4) is 0 Å². The Balaban J connectivity index is 1.42. The first-order valence-electron chi connectivity index (χ1n) is 12.1. The van der Waals surface area contributed by atoms with Gasteiger partial charge in [0, 0.05) is 31.2 Å². The normalized spacial score (nSPS) is 22.6. The highest BCUT2D eigenvalue weighted by atomic mass is 16.2. The van der Waals surface area contributed by atoms with Gasteiger partial charge in [0.15, 0.2) is 0 Å². The molecule has 5 nitrogen and oxygen atoms in total. The summed E-state index contributed by atoms with van der Waals surface area (Å²) >= 11 is 0. The third-order valence-corrected chi connectivity index (χ3v) is 6.88. The van der Waals surface area contributed by atoms with Crippen LogP contribution in [0.15, 0.2) is 60.7 Å². The molecule has 2 unspecified atom stereocenters. The van der Waals surface area contributed by atoms with Crippen LogP contribution in [0.25, 0.3) is 0 Å². The van der Waals surface area contributed by atoms with Crippen molar-refractivity contribution >= 4 is 11.8 Å². The quantitative estimate of drug-likeness (QED) is 0.781. The van der Waals surface area contributed by atoms with Crippen molar-refractivity contribution in [1.29, 1.82) is 0 Å². The maximum absolute atomic E-state index is 13.4. The van der Waals surface area contributed by atoms with Crippen LogP contribution in [-0.4, -0.2) is 60.4 Å². The summed E-state index contributed by atoms with van der Waals surface area (Å²) in [5, 5.41) is 3.17. The standard InChI is InChI=1S/C27H35N3O2/c31-26-24-15-7-16-25(24)30(27(32)23-13-5-2-6-14-23)20-9-19-29(21-17-28-26)18-8-12-22-10-3-1-4-11-22/h1-6,10-11,13-14,24-25H,7-9,12,15-21H2,(H,28,31). The molecule has 0 bridgehead atoms. The first-order chi connectivity index (χ1) is 15.7. The van der Waals surface area contributed by atoms with Crippen LogP contribution < -0.4 is 5.32 Å². The summed E-state index contributed by atoms with van der Waals surface area (Å²) in [6, 6.07) is 20.1. The molecule has 2 atom stereocenters. The minimum absolute atomic E-state index is 0.00679. The number of rotatable bonds is 5. The minimum Gasteiger partial charge on any atom is -0.355 e. The Morgan fingerprint density at radius 2 is 1.66 bits per heavy atom. The average molecular weight is 434 g/mol. The van der Waals surface area contributed by atoms with Crippen LogP contribution in [0.1, 0.15) is 48.0 Å². The van der Waals surface area contributed by atoms with E-state index in [1.165, 1.54) is 5.56 Å². The Morgan fingerprint density at radius 3 is 2.44 bits per heavy atom. The van der Waals surface area contributed by atoms with E-state index in [4.69, 9.17) is 0 Å². The summed E-state index contributed by atoms with van der Waals surface area (Å²) in [7, 11) is 0. The van der Waals surface area contributed by atoms with Crippen LogP contribution in [0.5, 0.6) is 0 Å². The molecule has 0 radical (unpaired) electrons. The monoisotopic (exact) mass is 433 g/mol. The Morgan fingerprint density at radius 1 is 0.906 bits per heavy atom. The molecule has 1 aliphatic carbocycles. The van der Waals surface area contributed by atoms with Gasteiger partial charge in [0.05, 0.1) is 5.92 Å². The summed E-state index contributed by atoms with van der Waals surface area (Å²) in [6.07, 6.45) is 5.88. The fourth-order valence-electron chi connectivity index (χ4n) is 5.20. The molecule has 2 aliphatic rings. The van der Waals surface area contributed by atoms with Crippen LogP contribution in [0.4, 0.5) is 0 Å². The molecular formula is C27H35N3O2. The Kier molecular flexibility index (Phi) is 7.94. The third-order valence-electron chi connectivity index (χ3n) is 6.88. The maximum Gasteiger partial charge on any atom is 0.254 e. The Hall–Kier alpha value is -2.66. The van der Waals surface area contributed by atoms with Crippen LogP contribution in [0, 0.1) is 5.92 Å². The molecule has 2 aromatic rings. The van der Waals surface area contributed by atoms with Gasteiger partial charge in [0.25, 0.3) is 5.91 Å². The lowest BCUT2D eigenvalue weighted by Crippen LogP contribution is -2.47. The lowest BCUT2D eigenvalue weighted by Gasteiger charge is -2.33. The van der Waals surface area contributed by atoms with Crippen molar-refractivity contribution in [2.45, 2.75) is 44.6 Å². The van der Waals surface area contributed by atoms with Crippen molar-refractivity contribution in [3.05, 3.63) is 71.8 Å². The van der Waals surface area contributed by atoms with E-state index >= 15 is 0 Å². The molecule has 32 heavy (non-hydrogen) atoms. The molecule has 1 aliphatic heterocycles. The van der Waals surface area contributed by atoms with E-state index in [-0.39, 0.29) is 23.8 Å².